The van der Waals surface area contributed by atoms with E-state index in [0.717, 1.165) is 12.1 Å². The van der Waals surface area contributed by atoms with Crippen molar-refractivity contribution in [2.45, 2.75) is 6.54 Å². The molecule has 0 aliphatic carbocycles. The maximum Gasteiger partial charge on any atom is 0.258 e. The first kappa shape index (κ1) is 17.7. The highest BCUT2D eigenvalue weighted by Gasteiger charge is 2.14. The van der Waals surface area contributed by atoms with Crippen LogP contribution in [0, 0.1) is 11.6 Å². The number of hydrogen-bond acceptors (Lipinski definition) is 4. The molecule has 0 unspecified atom stereocenters. The molecule has 2 N–H and O–H groups in total. The predicted molar refractivity (Wildman–Crippen MR) is 93.7 cm³/mol. The SMILES string of the molecule is CN(CC(=O)Nc1c(F)cccc1F)Cc1nc2ccccc2c(=O)[nH]1. The van der Waals surface area contributed by atoms with Gasteiger partial charge >= 0.3 is 0 Å². The van der Waals surface area contributed by atoms with Gasteiger partial charge < -0.3 is 10.3 Å². The largest absolute Gasteiger partial charge is 0.320 e. The zero-order valence-electron chi connectivity index (χ0n) is 13.9. The number of H-pyrrole nitrogens is 1. The van der Waals surface area contributed by atoms with Crippen LogP contribution in [0.3, 0.4) is 0 Å². The Hall–Kier alpha value is -3.13. The highest BCUT2D eigenvalue weighted by atomic mass is 19.1. The number of benzene rings is 2. The van der Waals surface area contributed by atoms with Crippen LogP contribution in [0.1, 0.15) is 5.82 Å². The minimum Gasteiger partial charge on any atom is -0.320 e. The average molecular weight is 358 g/mol. The van der Waals surface area contributed by atoms with Crippen LogP contribution >= 0.6 is 0 Å². The Balaban J connectivity index is 1.68. The summed E-state index contributed by atoms with van der Waals surface area (Å²) in [7, 11) is 1.63. The Morgan fingerprint density at radius 1 is 1.15 bits per heavy atom. The number of carbonyl (C=O) groups excluding carboxylic acids is 1. The lowest BCUT2D eigenvalue weighted by atomic mass is 10.2. The van der Waals surface area contributed by atoms with Gasteiger partial charge in [0.05, 0.1) is 24.0 Å². The van der Waals surface area contributed by atoms with Crippen LogP contribution in [0.5, 0.6) is 0 Å². The summed E-state index contributed by atoms with van der Waals surface area (Å²) < 4.78 is 27.1. The number of carbonyl (C=O) groups is 1. The van der Waals surface area contributed by atoms with Crippen molar-refractivity contribution >= 4 is 22.5 Å². The molecular formula is C18H16F2N4O2. The quantitative estimate of drug-likeness (QED) is 0.733. The van der Waals surface area contributed by atoms with Crippen molar-refractivity contribution in [3.8, 4) is 0 Å². The molecule has 0 bridgehead atoms. The summed E-state index contributed by atoms with van der Waals surface area (Å²) in [5, 5.41) is 2.69. The van der Waals surface area contributed by atoms with Crippen molar-refractivity contribution in [3.05, 3.63) is 70.3 Å². The molecular weight excluding hydrogens is 342 g/mol. The lowest BCUT2D eigenvalue weighted by Gasteiger charge is -2.16. The molecule has 2 aromatic carbocycles. The monoisotopic (exact) mass is 358 g/mol. The topological polar surface area (TPSA) is 78.1 Å². The Kier molecular flexibility index (Phi) is 5.04. The molecule has 3 rings (SSSR count). The number of fused-ring (bicyclic) bond motifs is 1. The lowest BCUT2D eigenvalue weighted by Crippen LogP contribution is -2.31. The number of aromatic amines is 1. The highest BCUT2D eigenvalue weighted by Crippen LogP contribution is 2.17. The van der Waals surface area contributed by atoms with E-state index in [1.54, 1.807) is 36.2 Å². The van der Waals surface area contributed by atoms with Crippen LogP contribution in [0.2, 0.25) is 0 Å². The zero-order valence-corrected chi connectivity index (χ0v) is 13.9. The minimum atomic E-state index is -0.846. The Labute approximate surface area is 147 Å². The summed E-state index contributed by atoms with van der Waals surface area (Å²) in [5.41, 5.74) is -0.197. The molecule has 0 spiro atoms. The lowest BCUT2D eigenvalue weighted by molar-refractivity contribution is -0.117. The Bertz CT molecular complexity index is 999. The number of aromatic nitrogens is 2. The fourth-order valence-electron chi connectivity index (χ4n) is 2.56. The van der Waals surface area contributed by atoms with Crippen LogP contribution in [-0.4, -0.2) is 34.4 Å². The second-order valence-electron chi connectivity index (χ2n) is 5.85. The second kappa shape index (κ2) is 7.40. The van der Waals surface area contributed by atoms with Gasteiger partial charge in [0.1, 0.15) is 23.1 Å². The van der Waals surface area contributed by atoms with Crippen LogP contribution in [0.15, 0.2) is 47.3 Å². The van der Waals surface area contributed by atoms with Gasteiger partial charge in [-0.3, -0.25) is 14.5 Å². The highest BCUT2D eigenvalue weighted by molar-refractivity contribution is 5.92. The van der Waals surface area contributed by atoms with Crippen LogP contribution in [0.4, 0.5) is 14.5 Å². The van der Waals surface area contributed by atoms with Gasteiger partial charge in [0.25, 0.3) is 5.56 Å². The minimum absolute atomic E-state index is 0.135. The van der Waals surface area contributed by atoms with Crippen molar-refractivity contribution in [2.24, 2.45) is 0 Å². The molecule has 1 amide bonds. The Morgan fingerprint density at radius 2 is 1.85 bits per heavy atom. The van der Waals surface area contributed by atoms with E-state index < -0.39 is 23.2 Å². The molecule has 1 aromatic heterocycles. The molecule has 0 fully saturated rings. The fourth-order valence-corrected chi connectivity index (χ4v) is 2.56. The molecule has 26 heavy (non-hydrogen) atoms. The summed E-state index contributed by atoms with van der Waals surface area (Å²) in [6.45, 7) is 0.0531. The maximum absolute atomic E-state index is 13.6. The van der Waals surface area contributed by atoms with Gasteiger partial charge in [0.2, 0.25) is 5.91 Å². The fraction of sp³-hybridized carbons (Fsp3) is 0.167. The molecule has 3 aromatic rings. The summed E-state index contributed by atoms with van der Waals surface area (Å²) in [4.78, 5) is 32.6. The molecule has 0 saturated heterocycles. The summed E-state index contributed by atoms with van der Waals surface area (Å²) >= 11 is 0. The standard InChI is InChI=1S/C18H16F2N4O2/c1-24(10-16(25)23-17-12(19)6-4-7-13(17)20)9-15-21-14-8-3-2-5-11(14)18(26)22-15/h2-8H,9-10H2,1H3,(H,23,25)(H,21,22,26). The number of anilines is 1. The van der Waals surface area contributed by atoms with Gasteiger partial charge in [-0.1, -0.05) is 18.2 Å². The second-order valence-corrected chi connectivity index (χ2v) is 5.85. The molecule has 0 aliphatic heterocycles. The number of amides is 1. The van der Waals surface area contributed by atoms with E-state index in [1.807, 2.05) is 0 Å². The van der Waals surface area contributed by atoms with Crippen molar-refractivity contribution in [1.82, 2.24) is 14.9 Å². The molecule has 0 saturated carbocycles. The van der Waals surface area contributed by atoms with E-state index in [4.69, 9.17) is 0 Å². The smallest absolute Gasteiger partial charge is 0.258 e. The molecule has 0 aliphatic rings. The summed E-state index contributed by atoms with van der Waals surface area (Å²) in [5.74, 6) is -1.89. The molecule has 8 heteroatoms. The van der Waals surface area contributed by atoms with Gasteiger partial charge in [0.15, 0.2) is 0 Å². The normalized spacial score (nSPS) is 11.1. The van der Waals surface area contributed by atoms with E-state index in [9.17, 15) is 18.4 Å². The summed E-state index contributed by atoms with van der Waals surface area (Å²) in [6, 6.07) is 10.3. The van der Waals surface area contributed by atoms with Crippen molar-refractivity contribution < 1.29 is 13.6 Å². The Morgan fingerprint density at radius 3 is 2.58 bits per heavy atom. The average Bonchev–Trinajstić information content (AvgIpc) is 2.58. The van der Waals surface area contributed by atoms with E-state index >= 15 is 0 Å². The van der Waals surface area contributed by atoms with Gasteiger partial charge in [0, 0.05) is 0 Å². The number of nitrogens with one attached hydrogen (secondary N) is 2. The van der Waals surface area contributed by atoms with Gasteiger partial charge in [-0.05, 0) is 31.3 Å². The third kappa shape index (κ3) is 3.92. The molecule has 0 atom stereocenters. The maximum atomic E-state index is 13.6. The number of rotatable bonds is 5. The van der Waals surface area contributed by atoms with Crippen molar-refractivity contribution in [1.29, 1.82) is 0 Å². The molecule has 1 heterocycles. The molecule has 0 radical (unpaired) electrons. The van der Waals surface area contributed by atoms with Crippen molar-refractivity contribution in [2.75, 3.05) is 18.9 Å². The van der Waals surface area contributed by atoms with Gasteiger partial charge in [-0.25, -0.2) is 13.8 Å². The van der Waals surface area contributed by atoms with Crippen LogP contribution in [-0.2, 0) is 11.3 Å². The van der Waals surface area contributed by atoms with Gasteiger partial charge in [-0.2, -0.15) is 0 Å². The molecule has 6 nitrogen and oxygen atoms in total. The van der Waals surface area contributed by atoms with E-state index in [2.05, 4.69) is 15.3 Å². The predicted octanol–water partition coefficient (Wildman–Crippen LogP) is 2.27. The summed E-state index contributed by atoms with van der Waals surface area (Å²) in [6.07, 6.45) is 0. The van der Waals surface area contributed by atoms with Crippen LogP contribution in [0.25, 0.3) is 10.9 Å². The third-order valence-corrected chi connectivity index (χ3v) is 3.72. The number of likely N-dealkylation sites (N-methyl/N-ethyl adjacent to an activating group) is 1. The van der Waals surface area contributed by atoms with Crippen LogP contribution < -0.4 is 10.9 Å². The van der Waals surface area contributed by atoms with E-state index in [-0.39, 0.29) is 18.6 Å². The zero-order chi connectivity index (χ0) is 18.7. The van der Waals surface area contributed by atoms with Gasteiger partial charge in [-0.15, -0.1) is 0 Å². The first-order chi connectivity index (χ1) is 12.4. The number of hydrogen-bond donors (Lipinski definition) is 2. The third-order valence-electron chi connectivity index (χ3n) is 3.72. The number of nitrogens with zero attached hydrogens (tertiary/aromatic N) is 2. The van der Waals surface area contributed by atoms with E-state index in [0.29, 0.717) is 16.7 Å². The number of para-hydroxylation sites is 2. The number of halogens is 2. The van der Waals surface area contributed by atoms with Crippen molar-refractivity contribution in [3.63, 3.8) is 0 Å². The molecule has 134 valence electrons. The first-order valence-corrected chi connectivity index (χ1v) is 7.84. The first-order valence-electron chi connectivity index (χ1n) is 7.84. The van der Waals surface area contributed by atoms with E-state index in [1.165, 1.54) is 6.07 Å².